The van der Waals surface area contributed by atoms with Gasteiger partial charge in [-0.2, -0.15) is 23.7 Å². The smallest absolute Gasteiger partial charge is 0.357 e. The van der Waals surface area contributed by atoms with Crippen molar-refractivity contribution in [1.29, 1.82) is 0 Å². The average molecular weight is 240 g/mol. The molecule has 15 heavy (non-hydrogen) atoms. The predicted octanol–water partition coefficient (Wildman–Crippen LogP) is 1.16. The van der Waals surface area contributed by atoms with E-state index in [1.54, 1.807) is 7.05 Å². The molecule has 0 fully saturated rings. The van der Waals surface area contributed by atoms with Crippen molar-refractivity contribution in [2.45, 2.75) is 6.61 Å². The minimum atomic E-state index is -2.96. The molecule has 1 N–H and O–H groups in total. The quantitative estimate of drug-likeness (QED) is 0.796. The first-order valence-electron chi connectivity index (χ1n) is 3.81. The van der Waals surface area contributed by atoms with Gasteiger partial charge in [0.25, 0.3) is 5.95 Å². The zero-order chi connectivity index (χ0) is 11.4. The van der Waals surface area contributed by atoms with Gasteiger partial charge in [0.1, 0.15) is 0 Å². The van der Waals surface area contributed by atoms with E-state index in [0.29, 0.717) is 5.06 Å². The minimum absolute atomic E-state index is 0.111. The highest BCUT2D eigenvalue weighted by Gasteiger charge is 2.13. The van der Waals surface area contributed by atoms with Crippen molar-refractivity contribution in [2.75, 3.05) is 24.5 Å². The molecule has 1 rings (SSSR count). The van der Waals surface area contributed by atoms with E-state index < -0.39 is 6.61 Å². The monoisotopic (exact) mass is 239 g/mol. The Labute approximate surface area is 89.2 Å². The van der Waals surface area contributed by atoms with Crippen molar-refractivity contribution in [2.24, 2.45) is 0 Å². The Balaban J connectivity index is 2.88. The molecular weight excluding hydrogens is 232 g/mol. The van der Waals surface area contributed by atoms with Crippen LogP contribution in [0.5, 0.6) is 0 Å². The molecule has 1 aromatic heterocycles. The summed E-state index contributed by atoms with van der Waals surface area (Å²) in [6, 6.07) is 0. The average Bonchev–Trinajstić information content (AvgIpc) is 2.15. The summed E-state index contributed by atoms with van der Waals surface area (Å²) in [5.41, 5.74) is 0. The Bertz CT molecular complexity index is 339. The molecule has 0 amide bonds. The van der Waals surface area contributed by atoms with Gasteiger partial charge in [-0.1, -0.05) is 0 Å². The van der Waals surface area contributed by atoms with Gasteiger partial charge in [-0.3, -0.25) is 0 Å². The molecule has 0 spiro atoms. The third-order valence-corrected chi connectivity index (χ3v) is 1.51. The molecule has 0 aliphatic rings. The van der Waals surface area contributed by atoms with Crippen LogP contribution in [0.2, 0.25) is 5.28 Å². The molecular formula is C6H8ClF2N5O. The maximum atomic E-state index is 11.9. The summed E-state index contributed by atoms with van der Waals surface area (Å²) in [6.45, 7) is -2.96. The summed E-state index contributed by atoms with van der Waals surface area (Å²) >= 11 is 5.54. The van der Waals surface area contributed by atoms with E-state index in [2.05, 4.69) is 25.1 Å². The van der Waals surface area contributed by atoms with Crippen molar-refractivity contribution in [3.05, 3.63) is 5.28 Å². The topological polar surface area (TPSA) is 63.2 Å². The van der Waals surface area contributed by atoms with Gasteiger partial charge in [0, 0.05) is 14.1 Å². The van der Waals surface area contributed by atoms with Crippen molar-refractivity contribution in [1.82, 2.24) is 15.0 Å². The Kier molecular flexibility index (Phi) is 3.92. The van der Waals surface area contributed by atoms with Crippen molar-refractivity contribution >= 4 is 23.5 Å². The fourth-order valence-corrected chi connectivity index (χ4v) is 0.915. The summed E-state index contributed by atoms with van der Waals surface area (Å²) in [5.74, 6) is 0.0503. The van der Waals surface area contributed by atoms with Crippen LogP contribution in [0, 0.1) is 0 Å². The molecule has 0 aromatic carbocycles. The van der Waals surface area contributed by atoms with Gasteiger partial charge in [0.15, 0.2) is 0 Å². The van der Waals surface area contributed by atoms with Crippen LogP contribution in [0.1, 0.15) is 0 Å². The van der Waals surface area contributed by atoms with Crippen molar-refractivity contribution < 1.29 is 13.6 Å². The predicted molar refractivity (Wildman–Crippen MR) is 49.9 cm³/mol. The fraction of sp³-hybridized carbons (Fsp3) is 0.500. The highest BCUT2D eigenvalue weighted by molar-refractivity contribution is 6.28. The summed E-state index contributed by atoms with van der Waals surface area (Å²) in [6.07, 6.45) is 0. The number of hydrogen-bond donors (Lipinski definition) is 1. The number of nitrogens with zero attached hydrogens (tertiary/aromatic N) is 4. The Hall–Kier alpha value is -1.28. The van der Waals surface area contributed by atoms with E-state index in [9.17, 15) is 8.78 Å². The van der Waals surface area contributed by atoms with Crippen molar-refractivity contribution in [3.63, 3.8) is 0 Å². The summed E-state index contributed by atoms with van der Waals surface area (Å²) in [5, 5.41) is 3.19. The van der Waals surface area contributed by atoms with E-state index in [1.807, 2.05) is 0 Å². The Morgan fingerprint density at radius 2 is 2.07 bits per heavy atom. The van der Waals surface area contributed by atoms with Crippen LogP contribution in [0.15, 0.2) is 0 Å². The number of rotatable bonds is 4. The number of aromatic nitrogens is 3. The summed E-state index contributed by atoms with van der Waals surface area (Å²) in [4.78, 5) is 15.1. The molecule has 0 atom stereocenters. The second-order valence-electron chi connectivity index (χ2n) is 2.34. The molecule has 1 aromatic rings. The second kappa shape index (κ2) is 4.99. The van der Waals surface area contributed by atoms with Crippen LogP contribution in [-0.2, 0) is 4.84 Å². The van der Waals surface area contributed by atoms with E-state index in [-0.39, 0.29) is 17.2 Å². The number of nitrogens with one attached hydrogen (secondary N) is 1. The SMILES string of the molecule is CNc1nc(Cl)nc(N(C)OC(F)F)n1. The third-order valence-electron chi connectivity index (χ3n) is 1.34. The Morgan fingerprint density at radius 1 is 1.40 bits per heavy atom. The van der Waals surface area contributed by atoms with Gasteiger partial charge < -0.3 is 5.32 Å². The number of hydroxylamine groups is 1. The zero-order valence-electron chi connectivity index (χ0n) is 7.91. The van der Waals surface area contributed by atoms with Crippen molar-refractivity contribution in [3.8, 4) is 0 Å². The molecule has 0 radical (unpaired) electrons. The first-order valence-corrected chi connectivity index (χ1v) is 4.18. The standard InChI is InChI=1S/C6H8ClF2N5O/c1-10-5-11-3(7)12-6(13-5)14(2)15-4(8)9/h4H,1-2H3,(H,10,11,12,13). The summed E-state index contributed by atoms with van der Waals surface area (Å²) in [7, 11) is 2.79. The molecule has 0 saturated heterocycles. The van der Waals surface area contributed by atoms with Gasteiger partial charge in [-0.15, -0.1) is 0 Å². The molecule has 84 valence electrons. The number of hydrogen-bond acceptors (Lipinski definition) is 6. The molecule has 6 nitrogen and oxygen atoms in total. The molecule has 0 aliphatic heterocycles. The van der Waals surface area contributed by atoms with Gasteiger partial charge in [0.05, 0.1) is 0 Å². The highest BCUT2D eigenvalue weighted by atomic mass is 35.5. The van der Waals surface area contributed by atoms with Crippen LogP contribution in [0.25, 0.3) is 0 Å². The maximum absolute atomic E-state index is 11.9. The number of alkyl halides is 2. The lowest BCUT2D eigenvalue weighted by Gasteiger charge is -2.15. The lowest BCUT2D eigenvalue weighted by Crippen LogP contribution is -2.23. The zero-order valence-corrected chi connectivity index (χ0v) is 8.66. The van der Waals surface area contributed by atoms with Crippen LogP contribution in [-0.4, -0.2) is 35.7 Å². The number of anilines is 2. The first-order chi connectivity index (χ1) is 7.02. The first kappa shape index (κ1) is 11.8. The number of halogens is 3. The van der Waals surface area contributed by atoms with E-state index >= 15 is 0 Å². The third kappa shape index (κ3) is 3.40. The van der Waals surface area contributed by atoms with Gasteiger partial charge >= 0.3 is 6.61 Å². The Morgan fingerprint density at radius 3 is 2.60 bits per heavy atom. The highest BCUT2D eigenvalue weighted by Crippen LogP contribution is 2.13. The lowest BCUT2D eigenvalue weighted by molar-refractivity contribution is -0.136. The van der Waals surface area contributed by atoms with E-state index in [4.69, 9.17) is 11.6 Å². The van der Waals surface area contributed by atoms with E-state index in [1.165, 1.54) is 7.05 Å². The molecule has 1 heterocycles. The van der Waals surface area contributed by atoms with Crippen LogP contribution >= 0.6 is 11.6 Å². The fourth-order valence-electron chi connectivity index (χ4n) is 0.759. The molecule has 0 bridgehead atoms. The minimum Gasteiger partial charge on any atom is -0.357 e. The second-order valence-corrected chi connectivity index (χ2v) is 2.68. The normalized spacial score (nSPS) is 10.5. The maximum Gasteiger partial charge on any atom is 0.365 e. The van der Waals surface area contributed by atoms with Crippen LogP contribution in [0.3, 0.4) is 0 Å². The van der Waals surface area contributed by atoms with Gasteiger partial charge in [0.2, 0.25) is 11.2 Å². The molecule has 0 saturated carbocycles. The van der Waals surface area contributed by atoms with Gasteiger partial charge in [-0.25, -0.2) is 9.90 Å². The van der Waals surface area contributed by atoms with Crippen LogP contribution < -0.4 is 10.4 Å². The lowest BCUT2D eigenvalue weighted by atomic mass is 10.8. The molecule has 9 heteroatoms. The van der Waals surface area contributed by atoms with Crippen LogP contribution in [0.4, 0.5) is 20.7 Å². The summed E-state index contributed by atoms with van der Waals surface area (Å²) < 4.78 is 23.7. The molecule has 0 unspecified atom stereocenters. The molecule has 0 aliphatic carbocycles. The van der Waals surface area contributed by atoms with Gasteiger partial charge in [-0.05, 0) is 11.6 Å². The van der Waals surface area contributed by atoms with E-state index in [0.717, 1.165) is 0 Å². The largest absolute Gasteiger partial charge is 0.365 e.